The van der Waals surface area contributed by atoms with Crippen molar-refractivity contribution in [3.8, 4) is 5.75 Å². The average molecular weight is 895 g/mol. The van der Waals surface area contributed by atoms with E-state index in [1.807, 2.05) is 0 Å². The molecule has 1 heterocycles. The highest BCUT2D eigenvalue weighted by Gasteiger charge is 2.27. The summed E-state index contributed by atoms with van der Waals surface area (Å²) in [4.78, 5) is 8.05. The number of halogens is 1. The molecule has 0 bridgehead atoms. The van der Waals surface area contributed by atoms with E-state index in [1.54, 1.807) is 26.0 Å². The van der Waals surface area contributed by atoms with Gasteiger partial charge in [-0.25, -0.2) is 0 Å². The van der Waals surface area contributed by atoms with Crippen LogP contribution < -0.4 is 16.4 Å². The van der Waals surface area contributed by atoms with Crippen LogP contribution in [0.3, 0.4) is 0 Å². The fourth-order valence-corrected chi connectivity index (χ4v) is 8.60. The Morgan fingerprint density at radius 3 is 1.79 bits per heavy atom. The number of hydrogen-bond donors (Lipinski definition) is 8. The van der Waals surface area contributed by atoms with Crippen molar-refractivity contribution in [1.82, 2.24) is 15.0 Å². The third-order valence-corrected chi connectivity index (χ3v) is 12.0. The van der Waals surface area contributed by atoms with Crippen LogP contribution in [0.4, 0.5) is 40.3 Å². The van der Waals surface area contributed by atoms with Gasteiger partial charge in [0.05, 0.1) is 21.7 Å². The highest BCUT2D eigenvalue weighted by atomic mass is 35.5. The van der Waals surface area contributed by atoms with E-state index in [0.717, 1.165) is 6.07 Å². The Morgan fingerprint density at radius 2 is 1.21 bits per heavy atom. The maximum absolute atomic E-state index is 12.7. The minimum absolute atomic E-state index is 0.0252. The summed E-state index contributed by atoms with van der Waals surface area (Å²) >= 11 is 6.11. The Labute approximate surface area is 333 Å². The molecule has 0 fully saturated rings. The Morgan fingerprint density at radius 1 is 0.621 bits per heavy atom. The number of fused-ring (bicyclic) bond motifs is 2. The van der Waals surface area contributed by atoms with Crippen molar-refractivity contribution in [2.75, 3.05) is 16.4 Å². The summed E-state index contributed by atoms with van der Waals surface area (Å²) in [6, 6.07) is 9.90. The van der Waals surface area contributed by atoms with E-state index in [1.165, 1.54) is 25.1 Å². The number of nitrogens with two attached hydrogens (primary N) is 1. The molecule has 9 N–H and O–H groups in total. The molecule has 0 radical (unpaired) electrons. The van der Waals surface area contributed by atoms with E-state index in [2.05, 4.69) is 35.8 Å². The van der Waals surface area contributed by atoms with E-state index in [-0.39, 0.29) is 39.0 Å². The van der Waals surface area contributed by atoms with Crippen molar-refractivity contribution >= 4 is 114 Å². The molecule has 0 atom stereocenters. The van der Waals surface area contributed by atoms with Gasteiger partial charge in [-0.2, -0.15) is 48.6 Å². The Bertz CT molecular complexity index is 3260. The zero-order chi connectivity index (χ0) is 42.9. The Balaban J connectivity index is 1.44. The number of phenols is 1. The van der Waals surface area contributed by atoms with Crippen LogP contribution in [0.25, 0.3) is 21.5 Å². The molecule has 0 unspecified atom stereocenters. The van der Waals surface area contributed by atoms with Crippen molar-refractivity contribution < 1.29 is 57.0 Å². The molecular formula is C32H27ClN8O13S4. The third kappa shape index (κ3) is 8.61. The van der Waals surface area contributed by atoms with Crippen LogP contribution in [-0.4, -0.2) is 71.9 Å². The lowest BCUT2D eigenvalue weighted by molar-refractivity contribution is 0.479. The predicted molar refractivity (Wildman–Crippen MR) is 209 cm³/mol. The molecule has 5 aromatic carbocycles. The molecule has 26 heteroatoms. The highest BCUT2D eigenvalue weighted by molar-refractivity contribution is 7.87. The molecule has 0 aliphatic carbocycles. The van der Waals surface area contributed by atoms with Crippen molar-refractivity contribution in [3.05, 3.63) is 76.6 Å². The van der Waals surface area contributed by atoms with Gasteiger partial charge in [-0.05, 0) is 108 Å². The molecule has 0 saturated carbocycles. The first kappa shape index (κ1) is 42.0. The lowest BCUT2D eigenvalue weighted by Crippen LogP contribution is -2.10. The number of hydrogen-bond acceptors (Lipinski definition) is 17. The topological polar surface area (TPSA) is 351 Å². The van der Waals surface area contributed by atoms with Gasteiger partial charge in [0.1, 0.15) is 31.8 Å². The number of nitrogen functional groups attached to an aromatic ring is 1. The molecule has 6 rings (SSSR count). The number of nitrogens with zero attached hydrogens (tertiary/aromatic N) is 5. The molecule has 0 spiro atoms. The molecule has 1 aromatic heterocycles. The van der Waals surface area contributed by atoms with Gasteiger partial charge in [0.2, 0.25) is 17.2 Å². The largest absolute Gasteiger partial charge is 0.507 e. The number of anilines is 5. The van der Waals surface area contributed by atoms with Crippen molar-refractivity contribution in [3.63, 3.8) is 0 Å². The molecule has 0 saturated heterocycles. The molecule has 0 aliphatic rings. The number of phenolic OH excluding ortho intramolecular Hbond substituents is 1. The summed E-state index contributed by atoms with van der Waals surface area (Å²) in [5.41, 5.74) is 6.14. The first-order valence-corrected chi connectivity index (χ1v) is 21.9. The number of rotatable bonds is 10. The lowest BCUT2D eigenvalue weighted by Gasteiger charge is -2.15. The van der Waals surface area contributed by atoms with Gasteiger partial charge < -0.3 is 21.5 Å². The molecule has 304 valence electrons. The minimum Gasteiger partial charge on any atom is -0.507 e. The number of nitrogens with one attached hydrogen (secondary N) is 2. The van der Waals surface area contributed by atoms with Crippen LogP contribution >= 0.6 is 11.6 Å². The van der Waals surface area contributed by atoms with Gasteiger partial charge in [-0.1, -0.05) is 6.07 Å². The first-order chi connectivity index (χ1) is 26.7. The molecule has 0 aliphatic heterocycles. The van der Waals surface area contributed by atoms with Crippen LogP contribution in [0.1, 0.15) is 16.7 Å². The van der Waals surface area contributed by atoms with Crippen molar-refractivity contribution in [2.24, 2.45) is 10.2 Å². The summed E-state index contributed by atoms with van der Waals surface area (Å²) in [7, 11) is -20.5. The monoisotopic (exact) mass is 894 g/mol. The zero-order valence-electron chi connectivity index (χ0n) is 29.5. The fraction of sp³-hybridized carbons (Fsp3) is 0.0938. The lowest BCUT2D eigenvalue weighted by atomic mass is 10.0. The average Bonchev–Trinajstić information content (AvgIpc) is 3.06. The van der Waals surface area contributed by atoms with Gasteiger partial charge in [-0.15, -0.1) is 10.2 Å². The molecular weight excluding hydrogens is 868 g/mol. The van der Waals surface area contributed by atoms with E-state index in [4.69, 9.17) is 17.3 Å². The quantitative estimate of drug-likeness (QED) is 0.0448. The van der Waals surface area contributed by atoms with Crippen molar-refractivity contribution in [1.29, 1.82) is 0 Å². The van der Waals surface area contributed by atoms with Gasteiger partial charge in [0.25, 0.3) is 40.5 Å². The second-order valence-electron chi connectivity index (χ2n) is 12.6. The maximum atomic E-state index is 12.7. The van der Waals surface area contributed by atoms with Crippen LogP contribution in [0.15, 0.2) is 84.4 Å². The standard InChI is InChI=1S/C32H27ClN8O13S4/c1-13-4-17-7-15(3)28(34)29(27(17)23(42)5-13)41-40-22-12-25(57(49,50)51)21(11-26(22)58(52,53)54)36-32-38-30(33)37-31(39-32)35-20-10-19-16(6-14(20)2)8-18(55(43,44)45)9-24(19)56(46,47)48/h4-12,42H,34H2,1-3H3,(H,43,44,45)(H,46,47,48)(H,49,50,51)(H,52,53,54)(H2,35,36,37,38,39). The van der Waals surface area contributed by atoms with E-state index in [9.17, 15) is 57.0 Å². The van der Waals surface area contributed by atoms with Crippen LogP contribution in [0, 0.1) is 20.8 Å². The summed E-state index contributed by atoms with van der Waals surface area (Å²) in [5.74, 6) is -1.23. The van der Waals surface area contributed by atoms with Crippen molar-refractivity contribution in [2.45, 2.75) is 40.4 Å². The number of aryl methyl sites for hydroxylation is 3. The molecule has 6 aromatic rings. The number of benzene rings is 5. The summed E-state index contributed by atoms with van der Waals surface area (Å²) < 4.78 is 138. The Kier molecular flexibility index (Phi) is 10.6. The smallest absolute Gasteiger partial charge is 0.296 e. The van der Waals surface area contributed by atoms with Gasteiger partial charge in [0, 0.05) is 11.1 Å². The zero-order valence-corrected chi connectivity index (χ0v) is 33.5. The Hall–Kier alpha value is -5.64. The summed E-state index contributed by atoms with van der Waals surface area (Å²) in [6.45, 7) is 4.85. The fourth-order valence-electron chi connectivity index (χ4n) is 5.82. The molecule has 0 amide bonds. The second kappa shape index (κ2) is 14.6. The van der Waals surface area contributed by atoms with E-state index >= 15 is 0 Å². The third-order valence-electron chi connectivity index (χ3n) is 8.37. The summed E-state index contributed by atoms with van der Waals surface area (Å²) in [6.07, 6.45) is 0. The van der Waals surface area contributed by atoms with Gasteiger partial charge >= 0.3 is 0 Å². The number of aromatic nitrogens is 3. The van der Waals surface area contributed by atoms with Gasteiger partial charge in [0.15, 0.2) is 0 Å². The van der Waals surface area contributed by atoms with Crippen LogP contribution in [0.2, 0.25) is 5.28 Å². The first-order valence-electron chi connectivity index (χ1n) is 15.8. The number of azo groups is 1. The second-order valence-corrected chi connectivity index (χ2v) is 18.5. The summed E-state index contributed by atoms with van der Waals surface area (Å²) in [5, 5.41) is 23.5. The molecule has 58 heavy (non-hydrogen) atoms. The number of aromatic hydroxyl groups is 1. The normalized spacial score (nSPS) is 12.8. The van der Waals surface area contributed by atoms with E-state index < -0.39 is 88.6 Å². The molecule has 21 nitrogen and oxygen atoms in total. The van der Waals surface area contributed by atoms with Gasteiger partial charge in [-0.3, -0.25) is 18.2 Å². The van der Waals surface area contributed by atoms with Crippen LogP contribution in [-0.2, 0) is 40.5 Å². The van der Waals surface area contributed by atoms with Crippen LogP contribution in [0.5, 0.6) is 5.75 Å². The highest BCUT2D eigenvalue weighted by Crippen LogP contribution is 2.43. The minimum atomic E-state index is -5.25. The maximum Gasteiger partial charge on any atom is 0.296 e. The predicted octanol–water partition coefficient (Wildman–Crippen LogP) is 5.93. The van der Waals surface area contributed by atoms with E-state index in [0.29, 0.717) is 40.3 Å². The SMILES string of the molecule is Cc1cc(O)c2c(N=Nc3cc(S(=O)(=O)O)c(Nc4nc(Cl)nc(Nc5cc6c(S(=O)(=O)O)cc(S(=O)(=O)O)cc6cc5C)n4)cc3S(=O)(=O)O)c(N)c(C)cc2c1.